The number of imidazole rings is 1. The summed E-state index contributed by atoms with van der Waals surface area (Å²) in [5.41, 5.74) is 2.30. The van der Waals surface area contributed by atoms with Crippen molar-refractivity contribution in [1.29, 1.82) is 0 Å². The Morgan fingerprint density at radius 2 is 2.25 bits per heavy atom. The van der Waals surface area contributed by atoms with Crippen LogP contribution in [0.3, 0.4) is 0 Å². The molecule has 0 saturated carbocycles. The van der Waals surface area contributed by atoms with Gasteiger partial charge in [0.2, 0.25) is 5.95 Å². The van der Waals surface area contributed by atoms with Crippen LogP contribution in [0.25, 0.3) is 5.69 Å². The van der Waals surface area contributed by atoms with Crippen molar-refractivity contribution < 1.29 is 4.74 Å². The average Bonchev–Trinajstić information content (AvgIpc) is 2.90. The molecule has 20 heavy (non-hydrogen) atoms. The molecule has 0 fully saturated rings. The monoisotopic (exact) mass is 337 g/mol. The highest BCUT2D eigenvalue weighted by Crippen LogP contribution is 2.26. The van der Waals surface area contributed by atoms with Crippen LogP contribution < -0.4 is 5.32 Å². The number of anilines is 1. The standard InChI is InChI=1S/C15H20BrN3O/c1-3-20-11-5-8-17-15-18-9-10-19(15)13-7-4-6-12(2)14(13)16/h4,6-7,9-10H,3,5,8,11H2,1-2H3,(H,17,18). The zero-order chi connectivity index (χ0) is 14.4. The van der Waals surface area contributed by atoms with Gasteiger partial charge in [-0.2, -0.15) is 0 Å². The van der Waals surface area contributed by atoms with Gasteiger partial charge in [0.25, 0.3) is 0 Å². The van der Waals surface area contributed by atoms with Crippen molar-refractivity contribution in [3.8, 4) is 5.69 Å². The van der Waals surface area contributed by atoms with Gasteiger partial charge in [0, 0.05) is 36.6 Å². The van der Waals surface area contributed by atoms with Gasteiger partial charge in [0.05, 0.1) is 5.69 Å². The molecule has 0 bridgehead atoms. The van der Waals surface area contributed by atoms with Gasteiger partial charge in [-0.1, -0.05) is 12.1 Å². The third kappa shape index (κ3) is 3.61. The molecule has 5 heteroatoms. The summed E-state index contributed by atoms with van der Waals surface area (Å²) >= 11 is 3.64. The van der Waals surface area contributed by atoms with Crippen LogP contribution in [0.15, 0.2) is 35.1 Å². The second-order valence-corrected chi connectivity index (χ2v) is 5.30. The van der Waals surface area contributed by atoms with Crippen LogP contribution in [0.1, 0.15) is 18.9 Å². The van der Waals surface area contributed by atoms with E-state index in [0.717, 1.165) is 42.3 Å². The van der Waals surface area contributed by atoms with E-state index in [4.69, 9.17) is 4.74 Å². The number of benzene rings is 1. The zero-order valence-corrected chi connectivity index (χ0v) is 13.5. The van der Waals surface area contributed by atoms with Crippen LogP contribution in [-0.2, 0) is 4.74 Å². The van der Waals surface area contributed by atoms with Crippen LogP contribution in [0.4, 0.5) is 5.95 Å². The average molecular weight is 338 g/mol. The number of hydrogen-bond acceptors (Lipinski definition) is 3. The van der Waals surface area contributed by atoms with E-state index in [9.17, 15) is 0 Å². The summed E-state index contributed by atoms with van der Waals surface area (Å²) < 4.78 is 8.47. The van der Waals surface area contributed by atoms with Gasteiger partial charge < -0.3 is 10.1 Å². The lowest BCUT2D eigenvalue weighted by Gasteiger charge is -2.12. The summed E-state index contributed by atoms with van der Waals surface area (Å²) in [5, 5.41) is 3.35. The number of aromatic nitrogens is 2. The SMILES string of the molecule is CCOCCCNc1nccn1-c1cccc(C)c1Br. The second kappa shape index (κ2) is 7.45. The molecule has 1 heterocycles. The Balaban J connectivity index is 2.06. The van der Waals surface area contributed by atoms with Crippen molar-refractivity contribution in [2.75, 3.05) is 25.1 Å². The lowest BCUT2D eigenvalue weighted by molar-refractivity contribution is 0.147. The van der Waals surface area contributed by atoms with Crippen molar-refractivity contribution >= 4 is 21.9 Å². The van der Waals surface area contributed by atoms with Gasteiger partial charge in [-0.05, 0) is 47.8 Å². The molecule has 0 spiro atoms. The molecule has 0 aliphatic rings. The fraction of sp³-hybridized carbons (Fsp3) is 0.400. The van der Waals surface area contributed by atoms with E-state index in [0.29, 0.717) is 0 Å². The van der Waals surface area contributed by atoms with E-state index in [1.54, 1.807) is 6.20 Å². The van der Waals surface area contributed by atoms with Gasteiger partial charge in [0.1, 0.15) is 0 Å². The highest BCUT2D eigenvalue weighted by Gasteiger charge is 2.08. The summed E-state index contributed by atoms with van der Waals surface area (Å²) in [5.74, 6) is 0.854. The normalized spacial score (nSPS) is 10.8. The molecule has 4 nitrogen and oxygen atoms in total. The molecule has 0 atom stereocenters. The van der Waals surface area contributed by atoms with Gasteiger partial charge >= 0.3 is 0 Å². The quantitative estimate of drug-likeness (QED) is 0.781. The fourth-order valence-corrected chi connectivity index (χ4v) is 2.42. The number of ether oxygens (including phenoxy) is 1. The maximum absolute atomic E-state index is 5.33. The maximum Gasteiger partial charge on any atom is 0.207 e. The lowest BCUT2D eigenvalue weighted by Crippen LogP contribution is -2.10. The van der Waals surface area contributed by atoms with Crippen LogP contribution in [0.5, 0.6) is 0 Å². The first-order valence-electron chi connectivity index (χ1n) is 6.84. The third-order valence-corrected chi connectivity index (χ3v) is 4.06. The number of nitrogens with one attached hydrogen (secondary N) is 1. The molecule has 0 unspecified atom stereocenters. The Kier molecular flexibility index (Phi) is 5.61. The molecule has 2 aromatic rings. The summed E-state index contributed by atoms with van der Waals surface area (Å²) in [6, 6.07) is 6.21. The summed E-state index contributed by atoms with van der Waals surface area (Å²) in [7, 11) is 0. The highest BCUT2D eigenvalue weighted by molar-refractivity contribution is 9.10. The number of rotatable bonds is 7. The molecular formula is C15H20BrN3O. The van der Waals surface area contributed by atoms with Crippen LogP contribution in [0.2, 0.25) is 0 Å². The summed E-state index contributed by atoms with van der Waals surface area (Å²) in [6.07, 6.45) is 4.74. The van der Waals surface area contributed by atoms with Crippen LogP contribution >= 0.6 is 15.9 Å². The predicted octanol–water partition coefficient (Wildman–Crippen LogP) is 3.78. The molecular weight excluding hydrogens is 318 g/mol. The molecule has 0 aliphatic heterocycles. The van der Waals surface area contributed by atoms with Crippen molar-refractivity contribution in [3.05, 3.63) is 40.6 Å². The Bertz CT molecular complexity index is 554. The van der Waals surface area contributed by atoms with Gasteiger partial charge in [-0.25, -0.2) is 4.98 Å². The number of aryl methyl sites for hydroxylation is 1. The first-order valence-corrected chi connectivity index (χ1v) is 7.63. The molecule has 1 N–H and O–H groups in total. The van der Waals surface area contributed by atoms with E-state index < -0.39 is 0 Å². The predicted molar refractivity (Wildman–Crippen MR) is 85.6 cm³/mol. The van der Waals surface area contributed by atoms with Gasteiger partial charge in [0.15, 0.2) is 0 Å². The largest absolute Gasteiger partial charge is 0.382 e. The van der Waals surface area contributed by atoms with Crippen LogP contribution in [0, 0.1) is 6.92 Å². The van der Waals surface area contributed by atoms with Gasteiger partial charge in [-0.3, -0.25) is 4.57 Å². The first kappa shape index (κ1) is 15.1. The molecule has 2 rings (SSSR count). The molecule has 0 amide bonds. The highest BCUT2D eigenvalue weighted by atomic mass is 79.9. The molecule has 0 radical (unpaired) electrons. The van der Waals surface area contributed by atoms with Crippen molar-refractivity contribution in [3.63, 3.8) is 0 Å². The molecule has 0 saturated heterocycles. The minimum absolute atomic E-state index is 0.769. The van der Waals surface area contributed by atoms with E-state index in [2.05, 4.69) is 49.9 Å². The van der Waals surface area contributed by atoms with Crippen molar-refractivity contribution in [1.82, 2.24) is 9.55 Å². The second-order valence-electron chi connectivity index (χ2n) is 4.51. The molecule has 0 aliphatic carbocycles. The summed E-state index contributed by atoms with van der Waals surface area (Å²) in [4.78, 5) is 4.37. The van der Waals surface area contributed by atoms with Crippen LogP contribution in [-0.4, -0.2) is 29.3 Å². The third-order valence-electron chi connectivity index (χ3n) is 3.02. The minimum atomic E-state index is 0.769. The Morgan fingerprint density at radius 1 is 1.40 bits per heavy atom. The molecule has 1 aromatic carbocycles. The fourth-order valence-electron chi connectivity index (χ4n) is 1.97. The number of hydrogen-bond donors (Lipinski definition) is 1. The summed E-state index contributed by atoms with van der Waals surface area (Å²) in [6.45, 7) is 6.48. The van der Waals surface area contributed by atoms with E-state index >= 15 is 0 Å². The minimum Gasteiger partial charge on any atom is -0.382 e. The Hall–Kier alpha value is -1.33. The lowest BCUT2D eigenvalue weighted by atomic mass is 10.2. The topological polar surface area (TPSA) is 39.1 Å². The smallest absolute Gasteiger partial charge is 0.207 e. The van der Waals surface area contributed by atoms with Gasteiger partial charge in [-0.15, -0.1) is 0 Å². The number of halogens is 1. The van der Waals surface area contributed by atoms with E-state index in [1.807, 2.05) is 19.2 Å². The Labute approximate surface area is 128 Å². The molecule has 1 aromatic heterocycles. The maximum atomic E-state index is 5.33. The van der Waals surface area contributed by atoms with E-state index in [1.165, 1.54) is 5.56 Å². The number of nitrogens with zero attached hydrogens (tertiary/aromatic N) is 2. The Morgan fingerprint density at radius 3 is 3.05 bits per heavy atom. The first-order chi connectivity index (χ1) is 9.74. The van der Waals surface area contributed by atoms with Crippen molar-refractivity contribution in [2.24, 2.45) is 0 Å². The zero-order valence-electron chi connectivity index (χ0n) is 11.9. The van der Waals surface area contributed by atoms with Crippen molar-refractivity contribution in [2.45, 2.75) is 20.3 Å². The molecule has 108 valence electrons. The van der Waals surface area contributed by atoms with E-state index in [-0.39, 0.29) is 0 Å².